The van der Waals surface area contributed by atoms with Crippen LogP contribution < -0.4 is 0 Å². The van der Waals surface area contributed by atoms with E-state index in [1.807, 2.05) is 11.3 Å². The quantitative estimate of drug-likeness (QED) is 0.256. The van der Waals surface area contributed by atoms with Crippen molar-refractivity contribution in [1.29, 1.82) is 0 Å². The van der Waals surface area contributed by atoms with Crippen molar-refractivity contribution in [3.63, 3.8) is 0 Å². The molecule has 0 radical (unpaired) electrons. The molecule has 1 aromatic heterocycles. The zero-order valence-corrected chi connectivity index (χ0v) is 18.3. The van der Waals surface area contributed by atoms with Crippen molar-refractivity contribution in [2.24, 2.45) is 5.41 Å². The molecule has 0 fully saturated rings. The Morgan fingerprint density at radius 3 is 1.48 bits per heavy atom. The first kappa shape index (κ1) is 22.7. The molecule has 0 nitrogen and oxygen atoms in total. The summed E-state index contributed by atoms with van der Waals surface area (Å²) in [5.74, 6) is 0. The fraction of sp³-hybridized carbons (Fsp3) is 0.833. The topological polar surface area (TPSA) is 0 Å². The molecule has 1 aromatic rings. The van der Waals surface area contributed by atoms with Crippen LogP contribution in [0.25, 0.3) is 0 Å². The Morgan fingerprint density at radius 2 is 1.08 bits per heavy atom. The van der Waals surface area contributed by atoms with Gasteiger partial charge in [-0.15, -0.1) is 11.3 Å². The van der Waals surface area contributed by atoms with E-state index >= 15 is 0 Å². The van der Waals surface area contributed by atoms with Gasteiger partial charge in [0.2, 0.25) is 0 Å². The molecule has 1 heteroatoms. The third-order valence-corrected chi connectivity index (χ3v) is 6.12. The third-order valence-electron chi connectivity index (χ3n) is 5.18. The van der Waals surface area contributed by atoms with Gasteiger partial charge in [0.15, 0.2) is 0 Å². The summed E-state index contributed by atoms with van der Waals surface area (Å²) in [7, 11) is 0. The van der Waals surface area contributed by atoms with Crippen molar-refractivity contribution in [3.8, 4) is 0 Å². The molecular weight excluding hydrogens is 320 g/mol. The van der Waals surface area contributed by atoms with Crippen molar-refractivity contribution in [2.45, 2.75) is 124 Å². The SMILES string of the molecule is CC(C)(C)CCCCCCCCCCCCCCCCc1cccs1. The molecule has 0 spiro atoms. The zero-order chi connectivity index (χ0) is 18.2. The van der Waals surface area contributed by atoms with Crippen LogP contribution >= 0.6 is 11.3 Å². The standard InChI is InChI=1S/C24H44S/c1-24(2,3)21-17-15-13-11-9-7-5-4-6-8-10-12-14-16-19-23-20-18-22-25-23/h18,20,22H,4-17,19,21H2,1-3H3. The second-order valence-corrected chi connectivity index (χ2v) is 10.1. The molecule has 0 saturated carbocycles. The molecule has 0 aliphatic rings. The van der Waals surface area contributed by atoms with Gasteiger partial charge in [-0.05, 0) is 36.1 Å². The van der Waals surface area contributed by atoms with Crippen molar-refractivity contribution >= 4 is 11.3 Å². The van der Waals surface area contributed by atoms with Gasteiger partial charge in [0.05, 0.1) is 0 Å². The Kier molecular flexibility index (Phi) is 13.5. The second-order valence-electron chi connectivity index (χ2n) is 9.09. The summed E-state index contributed by atoms with van der Waals surface area (Å²) in [5, 5.41) is 2.20. The molecular formula is C24H44S. The van der Waals surface area contributed by atoms with Gasteiger partial charge in [-0.2, -0.15) is 0 Å². The van der Waals surface area contributed by atoms with Crippen molar-refractivity contribution < 1.29 is 0 Å². The van der Waals surface area contributed by atoms with Crippen LogP contribution in [0, 0.1) is 5.41 Å². The van der Waals surface area contributed by atoms with E-state index in [9.17, 15) is 0 Å². The Balaban J connectivity index is 1.69. The lowest BCUT2D eigenvalue weighted by Crippen LogP contribution is -2.03. The molecule has 0 aromatic carbocycles. The molecule has 0 atom stereocenters. The van der Waals surface area contributed by atoms with Gasteiger partial charge in [0.1, 0.15) is 0 Å². The summed E-state index contributed by atoms with van der Waals surface area (Å²) in [6.07, 6.45) is 23.0. The van der Waals surface area contributed by atoms with Crippen molar-refractivity contribution in [3.05, 3.63) is 22.4 Å². The fourth-order valence-corrected chi connectivity index (χ4v) is 4.28. The second kappa shape index (κ2) is 14.8. The minimum atomic E-state index is 0.532. The van der Waals surface area contributed by atoms with E-state index in [1.54, 1.807) is 4.88 Å². The first-order chi connectivity index (χ1) is 12.1. The van der Waals surface area contributed by atoms with E-state index in [1.165, 1.54) is 103 Å². The van der Waals surface area contributed by atoms with Gasteiger partial charge in [-0.1, -0.05) is 110 Å². The highest BCUT2D eigenvalue weighted by atomic mass is 32.1. The summed E-state index contributed by atoms with van der Waals surface area (Å²) < 4.78 is 0. The van der Waals surface area contributed by atoms with Gasteiger partial charge in [-0.25, -0.2) is 0 Å². The van der Waals surface area contributed by atoms with Gasteiger partial charge < -0.3 is 0 Å². The van der Waals surface area contributed by atoms with Crippen LogP contribution in [-0.2, 0) is 6.42 Å². The lowest BCUT2D eigenvalue weighted by molar-refractivity contribution is 0.356. The third kappa shape index (κ3) is 15.7. The molecule has 0 aliphatic heterocycles. The van der Waals surface area contributed by atoms with Crippen LogP contribution in [0.2, 0.25) is 0 Å². The van der Waals surface area contributed by atoms with Crippen LogP contribution in [0.15, 0.2) is 17.5 Å². The van der Waals surface area contributed by atoms with Crippen LogP contribution in [0.5, 0.6) is 0 Å². The molecule has 25 heavy (non-hydrogen) atoms. The minimum absolute atomic E-state index is 0.532. The molecule has 0 amide bonds. The van der Waals surface area contributed by atoms with E-state index < -0.39 is 0 Å². The highest BCUT2D eigenvalue weighted by molar-refractivity contribution is 7.09. The highest BCUT2D eigenvalue weighted by Gasteiger charge is 2.08. The normalized spacial score (nSPS) is 12.0. The molecule has 0 N–H and O–H groups in total. The summed E-state index contributed by atoms with van der Waals surface area (Å²) in [4.78, 5) is 1.56. The van der Waals surface area contributed by atoms with Gasteiger partial charge in [-0.3, -0.25) is 0 Å². The molecule has 0 aliphatic carbocycles. The zero-order valence-electron chi connectivity index (χ0n) is 17.5. The molecule has 0 saturated heterocycles. The molecule has 1 heterocycles. The number of hydrogen-bond acceptors (Lipinski definition) is 1. The van der Waals surface area contributed by atoms with Gasteiger partial charge in [0.25, 0.3) is 0 Å². The summed E-state index contributed by atoms with van der Waals surface area (Å²) in [6.45, 7) is 7.08. The maximum Gasteiger partial charge on any atom is 0.00452 e. The Bertz CT molecular complexity index is 371. The lowest BCUT2D eigenvalue weighted by Gasteiger charge is -2.17. The Hall–Kier alpha value is -0.300. The average Bonchev–Trinajstić information content (AvgIpc) is 3.07. The van der Waals surface area contributed by atoms with Gasteiger partial charge in [0, 0.05) is 4.88 Å². The summed E-state index contributed by atoms with van der Waals surface area (Å²) >= 11 is 1.91. The number of aryl methyl sites for hydroxylation is 1. The van der Waals surface area contributed by atoms with Crippen LogP contribution in [-0.4, -0.2) is 0 Å². The van der Waals surface area contributed by atoms with E-state index in [4.69, 9.17) is 0 Å². The number of rotatable bonds is 16. The van der Waals surface area contributed by atoms with E-state index in [-0.39, 0.29) is 0 Å². The smallest absolute Gasteiger partial charge is 0.00452 e. The van der Waals surface area contributed by atoms with Crippen LogP contribution in [0.1, 0.15) is 122 Å². The molecule has 0 bridgehead atoms. The average molecular weight is 365 g/mol. The lowest BCUT2D eigenvalue weighted by atomic mass is 9.89. The number of hydrogen-bond donors (Lipinski definition) is 0. The number of thiophene rings is 1. The maximum absolute atomic E-state index is 2.36. The Labute approximate surface area is 162 Å². The number of unbranched alkanes of at least 4 members (excludes halogenated alkanes) is 13. The largest absolute Gasteiger partial charge is 0.149 e. The molecule has 0 unspecified atom stereocenters. The van der Waals surface area contributed by atoms with Crippen LogP contribution in [0.3, 0.4) is 0 Å². The van der Waals surface area contributed by atoms with Crippen molar-refractivity contribution in [2.75, 3.05) is 0 Å². The van der Waals surface area contributed by atoms with E-state index in [0.29, 0.717) is 5.41 Å². The van der Waals surface area contributed by atoms with E-state index in [2.05, 4.69) is 38.3 Å². The predicted octanol–water partition coefficient (Wildman–Crippen LogP) is 9.19. The monoisotopic (exact) mass is 364 g/mol. The maximum atomic E-state index is 2.36. The molecule has 146 valence electrons. The summed E-state index contributed by atoms with van der Waals surface area (Å²) in [5.41, 5.74) is 0.532. The highest BCUT2D eigenvalue weighted by Crippen LogP contribution is 2.22. The fourth-order valence-electron chi connectivity index (χ4n) is 3.53. The first-order valence-electron chi connectivity index (χ1n) is 11.1. The predicted molar refractivity (Wildman–Crippen MR) is 117 cm³/mol. The minimum Gasteiger partial charge on any atom is -0.149 e. The van der Waals surface area contributed by atoms with E-state index in [0.717, 1.165) is 0 Å². The van der Waals surface area contributed by atoms with Crippen LogP contribution in [0.4, 0.5) is 0 Å². The first-order valence-corrected chi connectivity index (χ1v) is 12.0. The van der Waals surface area contributed by atoms with Gasteiger partial charge >= 0.3 is 0 Å². The summed E-state index contributed by atoms with van der Waals surface area (Å²) in [6, 6.07) is 4.45. The molecule has 1 rings (SSSR count). The van der Waals surface area contributed by atoms with Crippen molar-refractivity contribution in [1.82, 2.24) is 0 Å². The Morgan fingerprint density at radius 1 is 0.640 bits per heavy atom.